The molecule has 0 aliphatic carbocycles. The molecule has 0 aromatic rings. The molecule has 0 aliphatic heterocycles. The largest absolute Gasteiger partial charge is 0.381 e. The molecule has 0 amide bonds. The summed E-state index contributed by atoms with van der Waals surface area (Å²) in [5, 5.41) is 0. The topological polar surface area (TPSA) is 9.23 Å². The lowest BCUT2D eigenvalue weighted by Crippen LogP contribution is -2.01. The third-order valence-corrected chi connectivity index (χ3v) is 1.68. The molecule has 1 radical (unpaired) electrons. The van der Waals surface area contributed by atoms with E-state index < -0.39 is 0 Å². The minimum atomic E-state index is 0.610. The average Bonchev–Trinajstić information content (AvgIpc) is 1.89. The lowest BCUT2D eigenvalue weighted by molar-refractivity contribution is 0.145. The summed E-state index contributed by atoms with van der Waals surface area (Å²) >= 11 is 0. The van der Waals surface area contributed by atoms with Crippen molar-refractivity contribution in [3.05, 3.63) is 6.92 Å². The van der Waals surface area contributed by atoms with Crippen LogP contribution in [0.2, 0.25) is 0 Å². The van der Waals surface area contributed by atoms with E-state index in [0.29, 0.717) is 6.61 Å². The Morgan fingerprint density at radius 2 is 2.10 bits per heavy atom. The first-order valence-corrected chi connectivity index (χ1v) is 4.18. The highest BCUT2D eigenvalue weighted by atomic mass is 16.5. The maximum absolute atomic E-state index is 5.14. The Hall–Kier alpha value is -0.0400. The van der Waals surface area contributed by atoms with E-state index in [1.165, 1.54) is 19.3 Å². The first kappa shape index (κ1) is 9.96. The van der Waals surface area contributed by atoms with Crippen LogP contribution in [-0.4, -0.2) is 13.2 Å². The summed E-state index contributed by atoms with van der Waals surface area (Å²) in [4.78, 5) is 0. The van der Waals surface area contributed by atoms with Gasteiger partial charge in [0, 0.05) is 13.2 Å². The molecule has 0 N–H and O–H groups in total. The molecule has 0 fully saturated rings. The van der Waals surface area contributed by atoms with Crippen molar-refractivity contribution >= 4 is 0 Å². The average molecular weight is 143 g/mol. The number of ether oxygens (including phenoxy) is 1. The van der Waals surface area contributed by atoms with E-state index in [0.717, 1.165) is 12.5 Å². The molecule has 0 heterocycles. The van der Waals surface area contributed by atoms with Gasteiger partial charge in [0.2, 0.25) is 0 Å². The van der Waals surface area contributed by atoms with Crippen LogP contribution in [0, 0.1) is 12.8 Å². The van der Waals surface area contributed by atoms with Gasteiger partial charge in [0.05, 0.1) is 0 Å². The van der Waals surface area contributed by atoms with E-state index in [1.54, 1.807) is 0 Å². The molecular weight excluding hydrogens is 124 g/mol. The molecular formula is C9H19O. The van der Waals surface area contributed by atoms with Crippen LogP contribution in [0.1, 0.15) is 33.1 Å². The van der Waals surface area contributed by atoms with Gasteiger partial charge in [-0.25, -0.2) is 0 Å². The van der Waals surface area contributed by atoms with Crippen molar-refractivity contribution in [2.45, 2.75) is 33.1 Å². The van der Waals surface area contributed by atoms with E-state index in [-0.39, 0.29) is 0 Å². The molecule has 61 valence electrons. The maximum atomic E-state index is 5.14. The van der Waals surface area contributed by atoms with Crippen LogP contribution in [0.3, 0.4) is 0 Å². The summed E-state index contributed by atoms with van der Waals surface area (Å²) in [6, 6.07) is 0. The van der Waals surface area contributed by atoms with Crippen LogP contribution >= 0.6 is 0 Å². The van der Waals surface area contributed by atoms with E-state index >= 15 is 0 Å². The number of hydrogen-bond donors (Lipinski definition) is 0. The van der Waals surface area contributed by atoms with Crippen molar-refractivity contribution in [2.24, 2.45) is 5.92 Å². The molecule has 0 saturated heterocycles. The summed E-state index contributed by atoms with van der Waals surface area (Å²) < 4.78 is 5.14. The maximum Gasteiger partial charge on any atom is 0.0468 e. The van der Waals surface area contributed by atoms with Gasteiger partial charge in [-0.15, -0.1) is 0 Å². The Kier molecular flexibility index (Phi) is 7.04. The fourth-order valence-electron chi connectivity index (χ4n) is 1.02. The Labute approximate surface area is 64.8 Å². The third kappa shape index (κ3) is 6.09. The first-order valence-electron chi connectivity index (χ1n) is 4.18. The zero-order valence-electron chi connectivity index (χ0n) is 7.23. The van der Waals surface area contributed by atoms with Gasteiger partial charge in [-0.05, 0) is 19.3 Å². The van der Waals surface area contributed by atoms with Crippen molar-refractivity contribution in [3.8, 4) is 0 Å². The Morgan fingerprint density at radius 1 is 1.40 bits per heavy atom. The van der Waals surface area contributed by atoms with Crippen LogP contribution in [0.5, 0.6) is 0 Å². The van der Waals surface area contributed by atoms with E-state index in [1.807, 2.05) is 0 Å². The summed E-state index contributed by atoms with van der Waals surface area (Å²) in [6.07, 6.45) is 3.79. The molecule has 0 rings (SSSR count). The highest BCUT2D eigenvalue weighted by Crippen LogP contribution is 2.08. The summed E-state index contributed by atoms with van der Waals surface area (Å²) in [5.41, 5.74) is 0. The normalized spacial score (nSPS) is 13.5. The molecule has 10 heavy (non-hydrogen) atoms. The van der Waals surface area contributed by atoms with Gasteiger partial charge in [0.25, 0.3) is 0 Å². The first-order chi connectivity index (χ1) is 4.81. The zero-order valence-corrected chi connectivity index (χ0v) is 7.23. The minimum absolute atomic E-state index is 0.610. The Morgan fingerprint density at radius 3 is 2.60 bits per heavy atom. The second-order valence-electron chi connectivity index (χ2n) is 2.79. The number of rotatable bonds is 6. The van der Waals surface area contributed by atoms with Crippen LogP contribution < -0.4 is 0 Å². The molecule has 1 heteroatoms. The van der Waals surface area contributed by atoms with Gasteiger partial charge in [-0.3, -0.25) is 0 Å². The van der Waals surface area contributed by atoms with Crippen LogP contribution in [0.25, 0.3) is 0 Å². The summed E-state index contributed by atoms with van der Waals surface area (Å²) in [6.45, 7) is 9.59. The molecule has 0 aromatic carbocycles. The highest BCUT2D eigenvalue weighted by Gasteiger charge is 1.98. The monoisotopic (exact) mass is 143 g/mol. The van der Waals surface area contributed by atoms with Crippen LogP contribution in [0.4, 0.5) is 0 Å². The molecule has 0 bridgehead atoms. The lowest BCUT2D eigenvalue weighted by Gasteiger charge is -2.08. The van der Waals surface area contributed by atoms with Gasteiger partial charge in [-0.2, -0.15) is 0 Å². The second-order valence-corrected chi connectivity index (χ2v) is 2.79. The van der Waals surface area contributed by atoms with Gasteiger partial charge >= 0.3 is 0 Å². The van der Waals surface area contributed by atoms with Crippen molar-refractivity contribution in [2.75, 3.05) is 13.2 Å². The summed E-state index contributed by atoms with van der Waals surface area (Å²) in [7, 11) is 0. The second kappa shape index (κ2) is 7.07. The van der Waals surface area contributed by atoms with Crippen molar-refractivity contribution < 1.29 is 4.74 Å². The molecule has 1 atom stereocenters. The van der Waals surface area contributed by atoms with E-state index in [2.05, 4.69) is 20.8 Å². The SMILES string of the molecule is [CH2]COCCC(C)CCC. The molecule has 1 unspecified atom stereocenters. The molecule has 0 spiro atoms. The Balaban J connectivity index is 2.97. The molecule has 0 aliphatic rings. The lowest BCUT2D eigenvalue weighted by atomic mass is 10.0. The van der Waals surface area contributed by atoms with E-state index in [4.69, 9.17) is 4.74 Å². The smallest absolute Gasteiger partial charge is 0.0468 e. The van der Waals surface area contributed by atoms with Crippen LogP contribution in [0.15, 0.2) is 0 Å². The zero-order chi connectivity index (χ0) is 7.82. The number of hydrogen-bond acceptors (Lipinski definition) is 1. The minimum Gasteiger partial charge on any atom is -0.381 e. The fraction of sp³-hybridized carbons (Fsp3) is 0.889. The third-order valence-electron chi connectivity index (χ3n) is 1.68. The van der Waals surface area contributed by atoms with Gasteiger partial charge in [0.1, 0.15) is 0 Å². The fourth-order valence-corrected chi connectivity index (χ4v) is 1.02. The van der Waals surface area contributed by atoms with Crippen LogP contribution in [-0.2, 0) is 4.74 Å². The van der Waals surface area contributed by atoms with Gasteiger partial charge in [-0.1, -0.05) is 26.7 Å². The highest BCUT2D eigenvalue weighted by molar-refractivity contribution is 4.50. The quantitative estimate of drug-likeness (QED) is 0.519. The van der Waals surface area contributed by atoms with Crippen molar-refractivity contribution in [1.82, 2.24) is 0 Å². The van der Waals surface area contributed by atoms with E-state index in [9.17, 15) is 0 Å². The standard InChI is InChI=1S/C9H19O/c1-4-6-9(3)7-8-10-5-2/h9H,2,4-8H2,1,3H3. The Bertz CT molecular complexity index is 61.7. The van der Waals surface area contributed by atoms with Gasteiger partial charge in [0.15, 0.2) is 0 Å². The molecule has 0 saturated carbocycles. The molecule has 0 aromatic heterocycles. The predicted octanol–water partition coefficient (Wildman–Crippen LogP) is 2.66. The predicted molar refractivity (Wildman–Crippen MR) is 44.9 cm³/mol. The summed E-state index contributed by atoms with van der Waals surface area (Å²) in [5.74, 6) is 0.816. The molecule has 1 nitrogen and oxygen atoms in total. The van der Waals surface area contributed by atoms with Gasteiger partial charge < -0.3 is 4.74 Å². The van der Waals surface area contributed by atoms with Crippen molar-refractivity contribution in [3.63, 3.8) is 0 Å². The van der Waals surface area contributed by atoms with Crippen molar-refractivity contribution in [1.29, 1.82) is 0 Å².